The first-order chi connectivity index (χ1) is 3.93. The predicted octanol–water partition coefficient (Wildman–Crippen LogP) is 2.04. The first kappa shape index (κ1) is 10.2. The fourth-order valence-corrected chi connectivity index (χ4v) is 3.93. The van der Waals surface area contributed by atoms with Crippen molar-refractivity contribution in [3.63, 3.8) is 0 Å². The van der Waals surface area contributed by atoms with Crippen LogP contribution in [-0.4, -0.2) is 24.4 Å². The Kier molecular flexibility index (Phi) is 6.67. The Bertz CT molecular complexity index is 59.9. The Balaban J connectivity index is 0.000000640. The molecule has 0 spiro atoms. The van der Waals surface area contributed by atoms with Crippen LogP contribution in [0.1, 0.15) is 32.1 Å². The monoisotopic (exact) mass is 250 g/mol. The normalized spacial score (nSPS) is 20.9. The van der Waals surface area contributed by atoms with Crippen LogP contribution in [0.2, 0.25) is 4.18 Å². The average molecular weight is 250 g/mol. The fraction of sp³-hybridized carbons (Fsp3) is 1.00. The molecule has 1 saturated carbocycles. The number of rotatable bonds is 1. The van der Waals surface area contributed by atoms with Crippen molar-refractivity contribution in [3.05, 3.63) is 0 Å². The molecule has 0 bridgehead atoms. The molecule has 2 heteroatoms. The van der Waals surface area contributed by atoms with Gasteiger partial charge in [0.2, 0.25) is 0 Å². The third-order valence-electron chi connectivity index (χ3n) is 2.30. The van der Waals surface area contributed by atoms with Gasteiger partial charge in [-0.05, 0) is 0 Å². The van der Waals surface area contributed by atoms with E-state index in [2.05, 4.69) is 0 Å². The Morgan fingerprint density at radius 2 is 1.67 bits per heavy atom. The SMILES string of the molecule is Cl.[InH2][CH2]C1CCCCC1. The van der Waals surface area contributed by atoms with Crippen molar-refractivity contribution < 1.29 is 0 Å². The van der Waals surface area contributed by atoms with Gasteiger partial charge in [-0.25, -0.2) is 0 Å². The van der Waals surface area contributed by atoms with E-state index in [4.69, 9.17) is 0 Å². The summed E-state index contributed by atoms with van der Waals surface area (Å²) in [5.41, 5.74) is 0. The van der Waals surface area contributed by atoms with Gasteiger partial charge in [-0.2, -0.15) is 0 Å². The molecular formula is C7H16ClIn. The summed E-state index contributed by atoms with van der Waals surface area (Å²) in [6.07, 6.45) is 7.71. The first-order valence-electron chi connectivity index (χ1n) is 3.93. The standard InChI is InChI=1S/C7H13.ClH.In.2H/c1-7-5-3-2-4-6-7;;;;/h7H,1-6H2;1H;;;. The summed E-state index contributed by atoms with van der Waals surface area (Å²) in [6, 6.07) is 0. The molecule has 0 atom stereocenters. The second kappa shape index (κ2) is 5.91. The Labute approximate surface area is 78.8 Å². The molecule has 0 aromatic carbocycles. The van der Waals surface area contributed by atoms with Crippen LogP contribution < -0.4 is 0 Å². The van der Waals surface area contributed by atoms with Gasteiger partial charge in [0.15, 0.2) is 0 Å². The van der Waals surface area contributed by atoms with Crippen LogP contribution >= 0.6 is 12.4 Å². The summed E-state index contributed by atoms with van der Waals surface area (Å²) in [4.78, 5) is 0. The van der Waals surface area contributed by atoms with E-state index in [0.717, 1.165) is 24.4 Å². The van der Waals surface area contributed by atoms with Crippen molar-refractivity contribution in [1.29, 1.82) is 0 Å². The van der Waals surface area contributed by atoms with Crippen molar-refractivity contribution in [2.24, 2.45) is 5.92 Å². The summed E-state index contributed by atoms with van der Waals surface area (Å²) in [7, 11) is 0. The molecule has 0 aromatic rings. The Hall–Kier alpha value is 1.16. The molecule has 0 unspecified atom stereocenters. The van der Waals surface area contributed by atoms with Gasteiger partial charge in [0, 0.05) is 0 Å². The van der Waals surface area contributed by atoms with E-state index in [9.17, 15) is 0 Å². The molecule has 0 aromatic heterocycles. The maximum absolute atomic E-state index is 1.63. The number of hydrogen-bond acceptors (Lipinski definition) is 0. The average Bonchev–Trinajstić information content (AvgIpc) is 1.90. The molecule has 1 rings (SSSR count). The van der Waals surface area contributed by atoms with Crippen molar-refractivity contribution in [3.8, 4) is 0 Å². The summed E-state index contributed by atoms with van der Waals surface area (Å²) in [6.45, 7) is 0. The summed E-state index contributed by atoms with van der Waals surface area (Å²) in [5, 5.41) is 0. The predicted molar refractivity (Wildman–Crippen MR) is 47.2 cm³/mol. The van der Waals surface area contributed by atoms with Gasteiger partial charge < -0.3 is 0 Å². The summed E-state index contributed by atoms with van der Waals surface area (Å²) >= 11 is 0.977. The van der Waals surface area contributed by atoms with E-state index in [1.807, 2.05) is 0 Å². The minimum atomic E-state index is 0. The zero-order valence-electron chi connectivity index (χ0n) is 6.23. The van der Waals surface area contributed by atoms with E-state index >= 15 is 0 Å². The van der Waals surface area contributed by atoms with Crippen LogP contribution in [-0.2, 0) is 0 Å². The van der Waals surface area contributed by atoms with E-state index < -0.39 is 0 Å². The summed E-state index contributed by atoms with van der Waals surface area (Å²) in [5.74, 6) is 1.18. The van der Waals surface area contributed by atoms with E-state index in [-0.39, 0.29) is 12.4 Å². The van der Waals surface area contributed by atoms with E-state index in [1.54, 1.807) is 17.0 Å². The third-order valence-corrected chi connectivity index (χ3v) is 5.60. The first-order valence-corrected chi connectivity index (χ1v) is 7.97. The van der Waals surface area contributed by atoms with Gasteiger partial charge in [-0.15, -0.1) is 12.4 Å². The Morgan fingerprint density at radius 1 is 1.11 bits per heavy atom. The molecular weight excluding hydrogens is 234 g/mol. The van der Waals surface area contributed by atoms with E-state index in [1.165, 1.54) is 25.2 Å². The molecule has 1 aliphatic carbocycles. The van der Waals surface area contributed by atoms with Crippen LogP contribution in [0.3, 0.4) is 0 Å². The molecule has 0 heterocycles. The van der Waals surface area contributed by atoms with Crippen LogP contribution in [0, 0.1) is 5.92 Å². The van der Waals surface area contributed by atoms with Crippen molar-refractivity contribution in [2.45, 2.75) is 36.3 Å². The second-order valence-corrected chi connectivity index (χ2v) is 5.24. The molecule has 54 valence electrons. The van der Waals surface area contributed by atoms with E-state index in [0.29, 0.717) is 0 Å². The maximum atomic E-state index is 1.63. The van der Waals surface area contributed by atoms with Crippen molar-refractivity contribution in [2.75, 3.05) is 0 Å². The number of halogens is 1. The van der Waals surface area contributed by atoms with Crippen molar-refractivity contribution in [1.82, 2.24) is 0 Å². The van der Waals surface area contributed by atoms with Gasteiger partial charge in [-0.1, -0.05) is 0 Å². The zero-order chi connectivity index (χ0) is 5.82. The molecule has 0 amide bonds. The topological polar surface area (TPSA) is 0 Å². The van der Waals surface area contributed by atoms with Crippen molar-refractivity contribution >= 4 is 36.8 Å². The van der Waals surface area contributed by atoms with Gasteiger partial charge in [0.1, 0.15) is 0 Å². The fourth-order valence-electron chi connectivity index (χ4n) is 1.60. The Morgan fingerprint density at radius 3 is 2.00 bits per heavy atom. The number of hydrogen-bond donors (Lipinski definition) is 0. The third kappa shape index (κ3) is 3.77. The molecule has 1 fully saturated rings. The van der Waals surface area contributed by atoms with Crippen LogP contribution in [0.25, 0.3) is 0 Å². The molecule has 0 radical (unpaired) electrons. The van der Waals surface area contributed by atoms with Crippen LogP contribution in [0.4, 0.5) is 0 Å². The molecule has 0 saturated heterocycles. The van der Waals surface area contributed by atoms with Gasteiger partial charge in [0.05, 0.1) is 0 Å². The molecule has 0 N–H and O–H groups in total. The molecule has 9 heavy (non-hydrogen) atoms. The second-order valence-electron chi connectivity index (χ2n) is 2.91. The zero-order valence-corrected chi connectivity index (χ0v) is 12.8. The molecule has 0 nitrogen and oxygen atoms in total. The van der Waals surface area contributed by atoms with Gasteiger partial charge >= 0.3 is 66.6 Å². The van der Waals surface area contributed by atoms with Gasteiger partial charge in [-0.3, -0.25) is 0 Å². The van der Waals surface area contributed by atoms with Crippen LogP contribution in [0.15, 0.2) is 0 Å². The summed E-state index contributed by atoms with van der Waals surface area (Å²) < 4.78 is 1.63. The van der Waals surface area contributed by atoms with Gasteiger partial charge in [0.25, 0.3) is 0 Å². The van der Waals surface area contributed by atoms with Crippen LogP contribution in [0.5, 0.6) is 0 Å². The minimum absolute atomic E-state index is 0. The molecule has 1 aliphatic rings. The quantitative estimate of drug-likeness (QED) is 0.668. The molecule has 0 aliphatic heterocycles.